The van der Waals surface area contributed by atoms with Crippen LogP contribution in [-0.2, 0) is 0 Å². The average molecular weight is 352 g/mol. The van der Waals surface area contributed by atoms with Crippen molar-refractivity contribution in [1.82, 2.24) is 20.2 Å². The normalized spacial score (nSPS) is 10.9. The number of ketones is 1. The van der Waals surface area contributed by atoms with Gasteiger partial charge in [0.25, 0.3) is 0 Å². The summed E-state index contributed by atoms with van der Waals surface area (Å²) in [6.07, 6.45) is 0. The molecule has 0 unspecified atom stereocenters. The Morgan fingerprint density at radius 2 is 1.72 bits per heavy atom. The fourth-order valence-corrected chi connectivity index (χ4v) is 3.47. The van der Waals surface area contributed by atoms with E-state index in [1.807, 2.05) is 51.1 Å². The van der Waals surface area contributed by atoms with Gasteiger partial charge in [0, 0.05) is 5.56 Å². The van der Waals surface area contributed by atoms with Gasteiger partial charge < -0.3 is 0 Å². The summed E-state index contributed by atoms with van der Waals surface area (Å²) >= 11 is 1.36. The molecule has 0 N–H and O–H groups in total. The van der Waals surface area contributed by atoms with E-state index in [2.05, 4.69) is 28.5 Å². The number of Topliss-reactive ketones (excluding diaryl/α,β-unsaturated/α-hetero) is 1. The van der Waals surface area contributed by atoms with Crippen molar-refractivity contribution in [2.45, 2.75) is 32.9 Å². The summed E-state index contributed by atoms with van der Waals surface area (Å²) in [4.78, 5) is 12.6. The van der Waals surface area contributed by atoms with Gasteiger partial charge in [-0.3, -0.25) is 4.79 Å². The zero-order valence-electron chi connectivity index (χ0n) is 14.8. The summed E-state index contributed by atoms with van der Waals surface area (Å²) in [5, 5.41) is 12.5. The molecule has 2 aromatic carbocycles. The molecule has 0 fully saturated rings. The quantitative estimate of drug-likeness (QED) is 0.515. The molecule has 128 valence electrons. The lowest BCUT2D eigenvalue weighted by Crippen LogP contribution is -2.07. The summed E-state index contributed by atoms with van der Waals surface area (Å²) in [7, 11) is 0. The van der Waals surface area contributed by atoms with Gasteiger partial charge in [-0.15, -0.1) is 5.10 Å². The highest BCUT2D eigenvalue weighted by Crippen LogP contribution is 2.23. The number of carbonyl (C=O) groups excluding carboxylic acids is 1. The number of tetrazole rings is 1. The molecule has 6 heteroatoms. The van der Waals surface area contributed by atoms with Crippen molar-refractivity contribution in [2.24, 2.45) is 0 Å². The van der Waals surface area contributed by atoms with Crippen molar-refractivity contribution in [3.63, 3.8) is 0 Å². The minimum absolute atomic E-state index is 0.0846. The Morgan fingerprint density at radius 1 is 1.00 bits per heavy atom. The van der Waals surface area contributed by atoms with E-state index in [1.54, 1.807) is 4.68 Å². The van der Waals surface area contributed by atoms with Crippen LogP contribution in [0.25, 0.3) is 5.69 Å². The van der Waals surface area contributed by atoms with Crippen molar-refractivity contribution in [3.05, 3.63) is 64.2 Å². The second-order valence-corrected chi connectivity index (χ2v) is 7.14. The minimum Gasteiger partial charge on any atom is -0.293 e. The number of nitrogens with zero attached hydrogens (tertiary/aromatic N) is 4. The predicted octanol–water partition coefficient (Wildman–Crippen LogP) is 3.87. The summed E-state index contributed by atoms with van der Waals surface area (Å²) in [5.41, 5.74) is 6.04. The summed E-state index contributed by atoms with van der Waals surface area (Å²) in [6.45, 7) is 8.02. The van der Waals surface area contributed by atoms with E-state index in [0.29, 0.717) is 10.9 Å². The standard InChI is InChI=1S/C19H20N4OS/c1-12-6-8-17(15(4)9-12)23-19(20-21-22-23)25-11-18(24)16-10-13(2)5-7-14(16)3/h5-10H,11H2,1-4H3. The Bertz CT molecular complexity index is 933. The van der Waals surface area contributed by atoms with Gasteiger partial charge in [-0.1, -0.05) is 47.2 Å². The highest BCUT2D eigenvalue weighted by atomic mass is 32.2. The Morgan fingerprint density at radius 3 is 2.48 bits per heavy atom. The van der Waals surface area contributed by atoms with Gasteiger partial charge in [-0.25, -0.2) is 0 Å². The first-order valence-electron chi connectivity index (χ1n) is 8.05. The molecule has 0 aliphatic rings. The SMILES string of the molecule is Cc1ccc(-n2nnnc2SCC(=O)c2cc(C)ccc2C)c(C)c1. The maximum Gasteiger partial charge on any atom is 0.214 e. The molecule has 0 radical (unpaired) electrons. The summed E-state index contributed by atoms with van der Waals surface area (Å²) < 4.78 is 1.69. The molecule has 0 atom stereocenters. The number of aromatic nitrogens is 4. The van der Waals surface area contributed by atoms with Gasteiger partial charge >= 0.3 is 0 Å². The lowest BCUT2D eigenvalue weighted by molar-refractivity contribution is 0.102. The molecule has 3 aromatic rings. The van der Waals surface area contributed by atoms with Crippen LogP contribution in [0, 0.1) is 27.7 Å². The second-order valence-electron chi connectivity index (χ2n) is 6.19. The number of hydrogen-bond donors (Lipinski definition) is 0. The van der Waals surface area contributed by atoms with E-state index in [-0.39, 0.29) is 5.78 Å². The van der Waals surface area contributed by atoms with Gasteiger partial charge in [-0.2, -0.15) is 4.68 Å². The molecule has 3 rings (SSSR count). The van der Waals surface area contributed by atoms with Crippen molar-refractivity contribution >= 4 is 17.5 Å². The smallest absolute Gasteiger partial charge is 0.214 e. The molecule has 25 heavy (non-hydrogen) atoms. The Kier molecular flexibility index (Phi) is 4.99. The highest BCUT2D eigenvalue weighted by molar-refractivity contribution is 7.99. The van der Waals surface area contributed by atoms with Crippen molar-refractivity contribution < 1.29 is 4.79 Å². The monoisotopic (exact) mass is 352 g/mol. The fraction of sp³-hybridized carbons (Fsp3) is 0.263. The third-order valence-corrected chi connectivity index (χ3v) is 4.97. The van der Waals surface area contributed by atoms with Gasteiger partial charge in [-0.05, 0) is 61.4 Å². The van der Waals surface area contributed by atoms with Crippen molar-refractivity contribution in [1.29, 1.82) is 0 Å². The van der Waals surface area contributed by atoms with Crippen molar-refractivity contribution in [2.75, 3.05) is 5.75 Å². The van der Waals surface area contributed by atoms with Gasteiger partial charge in [0.05, 0.1) is 11.4 Å². The molecule has 1 aromatic heterocycles. The zero-order chi connectivity index (χ0) is 18.0. The lowest BCUT2D eigenvalue weighted by atomic mass is 10.0. The first kappa shape index (κ1) is 17.4. The Labute approximate surface area is 151 Å². The molecule has 0 saturated carbocycles. The highest BCUT2D eigenvalue weighted by Gasteiger charge is 2.15. The number of thioether (sulfide) groups is 1. The van der Waals surface area contributed by atoms with Crippen LogP contribution in [0.5, 0.6) is 0 Å². The fourth-order valence-electron chi connectivity index (χ4n) is 2.71. The van der Waals surface area contributed by atoms with E-state index in [1.165, 1.54) is 17.3 Å². The molecule has 0 aliphatic heterocycles. The van der Waals surface area contributed by atoms with Crippen LogP contribution in [-0.4, -0.2) is 31.7 Å². The number of carbonyl (C=O) groups is 1. The molecule has 1 heterocycles. The predicted molar refractivity (Wildman–Crippen MR) is 99.6 cm³/mol. The van der Waals surface area contributed by atoms with Crippen LogP contribution in [0.15, 0.2) is 41.6 Å². The van der Waals surface area contributed by atoms with Gasteiger partial charge in [0.2, 0.25) is 5.16 Å². The number of rotatable bonds is 5. The summed E-state index contributed by atoms with van der Waals surface area (Å²) in [6, 6.07) is 12.0. The molecule has 0 amide bonds. The zero-order valence-corrected chi connectivity index (χ0v) is 15.6. The van der Waals surface area contributed by atoms with Crippen molar-refractivity contribution in [3.8, 4) is 5.69 Å². The maximum absolute atomic E-state index is 12.6. The number of aryl methyl sites for hydroxylation is 4. The molecule has 0 spiro atoms. The van der Waals surface area contributed by atoms with Gasteiger partial charge in [0.1, 0.15) is 0 Å². The first-order valence-corrected chi connectivity index (χ1v) is 9.03. The summed E-state index contributed by atoms with van der Waals surface area (Å²) in [5.74, 6) is 0.386. The largest absolute Gasteiger partial charge is 0.293 e. The molecule has 0 aliphatic carbocycles. The van der Waals surface area contributed by atoms with E-state index in [0.717, 1.165) is 27.9 Å². The Balaban J connectivity index is 1.80. The molecule has 0 bridgehead atoms. The van der Waals surface area contributed by atoms with Crippen LogP contribution in [0.3, 0.4) is 0 Å². The van der Waals surface area contributed by atoms with E-state index in [9.17, 15) is 4.79 Å². The minimum atomic E-state index is 0.0846. The molecular weight excluding hydrogens is 332 g/mol. The van der Waals surface area contributed by atoms with E-state index < -0.39 is 0 Å². The topological polar surface area (TPSA) is 60.7 Å². The number of benzene rings is 2. The lowest BCUT2D eigenvalue weighted by Gasteiger charge is -2.09. The van der Waals surface area contributed by atoms with Gasteiger partial charge in [0.15, 0.2) is 5.78 Å². The third-order valence-electron chi connectivity index (χ3n) is 4.05. The molecule has 0 saturated heterocycles. The Hall–Kier alpha value is -2.47. The van der Waals surface area contributed by atoms with Crippen LogP contribution in [0.1, 0.15) is 32.6 Å². The third kappa shape index (κ3) is 3.79. The average Bonchev–Trinajstić information content (AvgIpc) is 3.03. The molecule has 5 nitrogen and oxygen atoms in total. The molecular formula is C19H20N4OS. The van der Waals surface area contributed by atoms with E-state index in [4.69, 9.17) is 0 Å². The van der Waals surface area contributed by atoms with Crippen LogP contribution in [0.4, 0.5) is 0 Å². The second kappa shape index (κ2) is 7.19. The first-order chi connectivity index (χ1) is 12.0. The van der Waals surface area contributed by atoms with Crippen LogP contribution in [0.2, 0.25) is 0 Å². The maximum atomic E-state index is 12.6. The van der Waals surface area contributed by atoms with Crippen LogP contribution < -0.4 is 0 Å². The van der Waals surface area contributed by atoms with Crippen LogP contribution >= 0.6 is 11.8 Å². The number of hydrogen-bond acceptors (Lipinski definition) is 5. The van der Waals surface area contributed by atoms with E-state index >= 15 is 0 Å².